The Bertz CT molecular complexity index is 697. The summed E-state index contributed by atoms with van der Waals surface area (Å²) in [5, 5.41) is 14.2. The number of likely N-dealkylation sites (N-methyl/N-ethyl adjacent to an activating group) is 1. The summed E-state index contributed by atoms with van der Waals surface area (Å²) < 4.78 is 2.08. The van der Waals surface area contributed by atoms with Crippen LogP contribution >= 0.6 is 0 Å². The number of hydrogen-bond acceptors (Lipinski definition) is 4. The van der Waals surface area contributed by atoms with E-state index in [9.17, 15) is 0 Å². The predicted molar refractivity (Wildman–Crippen MR) is 80.5 cm³/mol. The Kier molecular flexibility index (Phi) is 3.06. The Labute approximate surface area is 118 Å². The van der Waals surface area contributed by atoms with Gasteiger partial charge in [-0.15, -0.1) is 0 Å². The highest BCUT2D eigenvalue weighted by Gasteiger charge is 2.23. The van der Waals surface area contributed by atoms with E-state index in [1.165, 1.54) is 11.2 Å². The molecular formula is C15H19N5. The molecule has 0 saturated heterocycles. The summed E-state index contributed by atoms with van der Waals surface area (Å²) in [5.41, 5.74) is 3.27. The lowest BCUT2D eigenvalue weighted by molar-refractivity contribution is 0.0635. The summed E-state index contributed by atoms with van der Waals surface area (Å²) >= 11 is 0. The molecule has 0 spiro atoms. The summed E-state index contributed by atoms with van der Waals surface area (Å²) in [7, 11) is 6.07. The van der Waals surface area contributed by atoms with Crippen LogP contribution in [0.3, 0.4) is 0 Å². The van der Waals surface area contributed by atoms with E-state index in [1.54, 1.807) is 0 Å². The van der Waals surface area contributed by atoms with Crippen LogP contribution < -0.4 is 0 Å². The van der Waals surface area contributed by atoms with Crippen molar-refractivity contribution in [1.82, 2.24) is 14.6 Å². The molecule has 1 aliphatic heterocycles. The van der Waals surface area contributed by atoms with Crippen LogP contribution in [-0.2, 0) is 7.05 Å². The summed E-state index contributed by atoms with van der Waals surface area (Å²) in [4.78, 5) is 0. The molecule has 1 atom stereocenters. The van der Waals surface area contributed by atoms with Crippen molar-refractivity contribution >= 4 is 16.6 Å². The molecule has 2 heterocycles. The molecule has 0 N–H and O–H groups in total. The molecule has 0 bridgehead atoms. The van der Waals surface area contributed by atoms with E-state index < -0.39 is 0 Å². The number of fused-ring (bicyclic) bond motifs is 1. The number of para-hydroxylation sites is 1. The monoisotopic (exact) mass is 269 g/mol. The normalized spacial score (nSPS) is 20.3. The molecule has 0 radical (unpaired) electrons. The lowest BCUT2D eigenvalue weighted by atomic mass is 10.2. The van der Waals surface area contributed by atoms with Crippen molar-refractivity contribution in [1.29, 1.82) is 0 Å². The first kappa shape index (κ1) is 12.9. The van der Waals surface area contributed by atoms with Crippen molar-refractivity contribution in [2.24, 2.45) is 17.3 Å². The Balaban J connectivity index is 1.92. The molecule has 20 heavy (non-hydrogen) atoms. The summed E-state index contributed by atoms with van der Waals surface area (Å²) in [6.45, 7) is 2.07. The largest absolute Gasteiger partial charge is 0.348 e. The molecule has 5 nitrogen and oxygen atoms in total. The first-order valence-corrected chi connectivity index (χ1v) is 6.68. The van der Waals surface area contributed by atoms with Gasteiger partial charge in [0.05, 0.1) is 5.52 Å². The van der Waals surface area contributed by atoms with Gasteiger partial charge in [-0.3, -0.25) is 0 Å². The van der Waals surface area contributed by atoms with E-state index in [1.807, 2.05) is 39.5 Å². The van der Waals surface area contributed by atoms with Crippen LogP contribution in [0.4, 0.5) is 5.69 Å². The fraction of sp³-hybridized carbons (Fsp3) is 0.333. The molecule has 5 heteroatoms. The van der Waals surface area contributed by atoms with Crippen molar-refractivity contribution in [2.45, 2.75) is 13.1 Å². The molecule has 1 aromatic carbocycles. The average Bonchev–Trinajstić information content (AvgIpc) is 2.90. The van der Waals surface area contributed by atoms with E-state index >= 15 is 0 Å². The topological polar surface area (TPSA) is 36.1 Å². The number of aryl methyl sites for hydroxylation is 1. The van der Waals surface area contributed by atoms with Crippen LogP contribution in [-0.4, -0.2) is 34.8 Å². The number of azo groups is 1. The predicted octanol–water partition coefficient (Wildman–Crippen LogP) is 3.28. The Morgan fingerprint density at radius 3 is 2.55 bits per heavy atom. The van der Waals surface area contributed by atoms with Crippen molar-refractivity contribution in [3.8, 4) is 0 Å². The van der Waals surface area contributed by atoms with E-state index in [0.717, 1.165) is 11.1 Å². The third kappa shape index (κ3) is 2.00. The smallest absolute Gasteiger partial charge is 0.160 e. The van der Waals surface area contributed by atoms with Gasteiger partial charge in [0.1, 0.15) is 5.69 Å². The maximum absolute atomic E-state index is 4.46. The zero-order chi connectivity index (χ0) is 14.3. The van der Waals surface area contributed by atoms with Gasteiger partial charge in [-0.05, 0) is 19.1 Å². The van der Waals surface area contributed by atoms with Crippen LogP contribution in [0.25, 0.3) is 10.9 Å². The standard InChI is InChI=1S/C15H19N5/c1-11-9-15(20(4)19(11)3)17-16-13-10-18(2)14-8-6-5-7-12(13)14/h5-10,15H,1-4H3. The lowest BCUT2D eigenvalue weighted by Gasteiger charge is -2.25. The molecule has 3 rings (SSSR count). The molecule has 1 aliphatic rings. The minimum atomic E-state index is -0.0287. The number of benzene rings is 1. The Morgan fingerprint density at radius 1 is 1.10 bits per heavy atom. The molecule has 1 unspecified atom stereocenters. The second-order valence-corrected chi connectivity index (χ2v) is 5.18. The summed E-state index contributed by atoms with van der Waals surface area (Å²) in [5.74, 6) is 0. The molecule has 104 valence electrons. The molecule has 0 saturated carbocycles. The number of aromatic nitrogens is 1. The Hall–Kier alpha value is -2.14. The number of hydrogen-bond donors (Lipinski definition) is 0. The van der Waals surface area contributed by atoms with Crippen molar-refractivity contribution in [3.05, 3.63) is 42.2 Å². The third-order valence-corrected chi connectivity index (χ3v) is 3.92. The fourth-order valence-electron chi connectivity index (χ4n) is 2.49. The second-order valence-electron chi connectivity index (χ2n) is 5.18. The highest BCUT2D eigenvalue weighted by atomic mass is 15.7. The average molecular weight is 269 g/mol. The van der Waals surface area contributed by atoms with Gasteiger partial charge in [0.15, 0.2) is 6.17 Å². The number of nitrogens with zero attached hydrogens (tertiary/aromatic N) is 5. The zero-order valence-electron chi connectivity index (χ0n) is 12.3. The van der Waals surface area contributed by atoms with Gasteiger partial charge in [0, 0.05) is 38.4 Å². The first-order valence-electron chi connectivity index (χ1n) is 6.68. The minimum absolute atomic E-state index is 0.0287. The molecular weight excluding hydrogens is 250 g/mol. The van der Waals surface area contributed by atoms with Crippen LogP contribution in [0, 0.1) is 0 Å². The number of allylic oxidation sites excluding steroid dienone is 1. The van der Waals surface area contributed by atoms with Crippen LogP contribution in [0.5, 0.6) is 0 Å². The van der Waals surface area contributed by atoms with E-state index in [4.69, 9.17) is 0 Å². The van der Waals surface area contributed by atoms with Gasteiger partial charge in [-0.25, -0.2) is 0 Å². The van der Waals surface area contributed by atoms with Crippen LogP contribution in [0.2, 0.25) is 0 Å². The quantitative estimate of drug-likeness (QED) is 0.784. The maximum Gasteiger partial charge on any atom is 0.160 e. The van der Waals surface area contributed by atoms with Crippen molar-refractivity contribution in [2.75, 3.05) is 14.1 Å². The van der Waals surface area contributed by atoms with E-state index in [0.29, 0.717) is 0 Å². The van der Waals surface area contributed by atoms with Gasteiger partial charge >= 0.3 is 0 Å². The maximum atomic E-state index is 4.46. The van der Waals surface area contributed by atoms with Crippen molar-refractivity contribution in [3.63, 3.8) is 0 Å². The highest BCUT2D eigenvalue weighted by Crippen LogP contribution is 2.29. The highest BCUT2D eigenvalue weighted by molar-refractivity contribution is 5.91. The van der Waals surface area contributed by atoms with Crippen LogP contribution in [0.1, 0.15) is 6.92 Å². The van der Waals surface area contributed by atoms with Gasteiger partial charge in [0.25, 0.3) is 0 Å². The Morgan fingerprint density at radius 2 is 1.85 bits per heavy atom. The van der Waals surface area contributed by atoms with Gasteiger partial charge in [0.2, 0.25) is 0 Å². The molecule has 0 fully saturated rings. The molecule has 0 aliphatic carbocycles. The minimum Gasteiger partial charge on any atom is -0.348 e. The van der Waals surface area contributed by atoms with Crippen LogP contribution in [0.15, 0.2) is 52.5 Å². The van der Waals surface area contributed by atoms with E-state index in [-0.39, 0.29) is 6.17 Å². The van der Waals surface area contributed by atoms with Gasteiger partial charge < -0.3 is 9.58 Å². The zero-order valence-corrected chi connectivity index (χ0v) is 12.3. The second kappa shape index (κ2) is 4.76. The lowest BCUT2D eigenvalue weighted by Crippen LogP contribution is -2.34. The van der Waals surface area contributed by atoms with E-state index in [2.05, 4.69) is 49.9 Å². The summed E-state index contributed by atoms with van der Waals surface area (Å²) in [6, 6.07) is 8.24. The van der Waals surface area contributed by atoms with Gasteiger partial charge in [-0.2, -0.15) is 15.2 Å². The van der Waals surface area contributed by atoms with Gasteiger partial charge in [-0.1, -0.05) is 18.2 Å². The number of hydrazine groups is 1. The third-order valence-electron chi connectivity index (χ3n) is 3.92. The molecule has 0 amide bonds. The molecule has 1 aromatic heterocycles. The first-order chi connectivity index (χ1) is 9.58. The van der Waals surface area contributed by atoms with Crippen molar-refractivity contribution < 1.29 is 0 Å². The fourth-order valence-corrected chi connectivity index (χ4v) is 2.49. The SMILES string of the molecule is CC1=CC(N=Nc2cn(C)c3ccccc23)N(C)N1C. The molecule has 2 aromatic rings. The summed E-state index contributed by atoms with van der Waals surface area (Å²) in [6.07, 6.45) is 4.09. The number of rotatable bonds is 2.